The number of carbonyl (C=O) groups is 1. The van der Waals surface area contributed by atoms with Crippen LogP contribution in [0.5, 0.6) is 5.75 Å². The quantitative estimate of drug-likeness (QED) is 0.838. The van der Waals surface area contributed by atoms with Crippen LogP contribution in [0.15, 0.2) is 42.6 Å². The Morgan fingerprint density at radius 2 is 2.04 bits per heavy atom. The predicted octanol–water partition coefficient (Wildman–Crippen LogP) is 2.28. The fraction of sp³-hybridized carbons (Fsp3) is 0.316. The maximum Gasteiger partial charge on any atom is 0.239 e. The number of pyridine rings is 1. The van der Waals surface area contributed by atoms with Gasteiger partial charge in [0, 0.05) is 13.2 Å². The summed E-state index contributed by atoms with van der Waals surface area (Å²) >= 11 is 0. The second-order valence-corrected chi connectivity index (χ2v) is 5.97. The van der Waals surface area contributed by atoms with Gasteiger partial charge in [-0.25, -0.2) is 4.98 Å². The molecule has 1 N–H and O–H groups in total. The molecule has 0 aliphatic rings. The zero-order chi connectivity index (χ0) is 18.2. The number of likely N-dealkylation sites (N-methyl/N-ethyl adjacent to an activating group) is 1. The van der Waals surface area contributed by atoms with Crippen molar-refractivity contribution in [1.29, 1.82) is 5.26 Å². The van der Waals surface area contributed by atoms with Crippen LogP contribution in [0.2, 0.25) is 0 Å². The van der Waals surface area contributed by atoms with Crippen molar-refractivity contribution < 1.29 is 9.53 Å². The molecule has 0 bridgehead atoms. The fourth-order valence-electron chi connectivity index (χ4n) is 2.19. The van der Waals surface area contributed by atoms with Crippen molar-refractivity contribution in [3.63, 3.8) is 0 Å². The lowest BCUT2D eigenvalue weighted by Crippen LogP contribution is -2.42. The Labute approximate surface area is 148 Å². The van der Waals surface area contributed by atoms with Crippen LogP contribution in [0, 0.1) is 18.3 Å². The summed E-state index contributed by atoms with van der Waals surface area (Å²) in [7, 11) is 1.78. The highest BCUT2D eigenvalue weighted by atomic mass is 16.5. The van der Waals surface area contributed by atoms with Crippen LogP contribution in [-0.2, 0) is 4.79 Å². The first-order valence-electron chi connectivity index (χ1n) is 8.04. The number of hydrogen-bond donors (Lipinski definition) is 1. The molecule has 1 atom stereocenters. The molecule has 2 rings (SSSR count). The smallest absolute Gasteiger partial charge is 0.239 e. The summed E-state index contributed by atoms with van der Waals surface area (Å²) in [5.74, 6) is 1.30. The molecule has 1 aromatic heterocycles. The second-order valence-electron chi connectivity index (χ2n) is 5.97. The maximum atomic E-state index is 12.1. The van der Waals surface area contributed by atoms with E-state index in [0.29, 0.717) is 18.0 Å². The number of amides is 1. The van der Waals surface area contributed by atoms with E-state index in [1.54, 1.807) is 24.1 Å². The lowest BCUT2D eigenvalue weighted by Gasteiger charge is -2.20. The molecule has 2 aromatic rings. The third-order valence-electron chi connectivity index (χ3n) is 3.58. The summed E-state index contributed by atoms with van der Waals surface area (Å²) in [5, 5.41) is 11.7. The first kappa shape index (κ1) is 18.3. The summed E-state index contributed by atoms with van der Waals surface area (Å²) in [4.78, 5) is 18.0. The highest BCUT2D eigenvalue weighted by Crippen LogP contribution is 2.12. The average Bonchev–Trinajstić information content (AvgIpc) is 2.61. The number of hydrogen-bond acceptors (Lipinski definition) is 5. The Hall–Kier alpha value is -3.07. The molecule has 0 saturated heterocycles. The van der Waals surface area contributed by atoms with Gasteiger partial charge in [-0.05, 0) is 38.1 Å². The van der Waals surface area contributed by atoms with E-state index >= 15 is 0 Å². The van der Waals surface area contributed by atoms with E-state index in [1.807, 2.05) is 44.2 Å². The summed E-state index contributed by atoms with van der Waals surface area (Å²) in [5.41, 5.74) is 1.66. The van der Waals surface area contributed by atoms with Gasteiger partial charge in [0.05, 0.1) is 18.2 Å². The minimum Gasteiger partial charge on any atom is -0.491 e. The summed E-state index contributed by atoms with van der Waals surface area (Å²) in [6, 6.07) is 13.1. The van der Waals surface area contributed by atoms with Gasteiger partial charge in [0.2, 0.25) is 5.91 Å². The van der Waals surface area contributed by atoms with E-state index in [-0.39, 0.29) is 18.5 Å². The summed E-state index contributed by atoms with van der Waals surface area (Å²) in [6.45, 7) is 4.49. The SMILES string of the molecule is Cc1ccc(OC[C@H](C)NC(=O)CN(C)c2ccc(C#N)cn2)cc1. The van der Waals surface area contributed by atoms with Crippen molar-refractivity contribution in [3.05, 3.63) is 53.7 Å². The van der Waals surface area contributed by atoms with Gasteiger partial charge in [0.25, 0.3) is 0 Å². The van der Waals surface area contributed by atoms with Gasteiger partial charge in [-0.15, -0.1) is 0 Å². The number of anilines is 1. The average molecular weight is 338 g/mol. The molecule has 6 heteroatoms. The molecular formula is C19H22N4O2. The van der Waals surface area contributed by atoms with Crippen molar-refractivity contribution >= 4 is 11.7 Å². The van der Waals surface area contributed by atoms with Crippen LogP contribution in [0.25, 0.3) is 0 Å². The van der Waals surface area contributed by atoms with Crippen molar-refractivity contribution in [2.24, 2.45) is 0 Å². The van der Waals surface area contributed by atoms with E-state index in [1.165, 1.54) is 11.8 Å². The maximum absolute atomic E-state index is 12.1. The normalized spacial score (nSPS) is 11.3. The van der Waals surface area contributed by atoms with Crippen LogP contribution in [0.1, 0.15) is 18.1 Å². The van der Waals surface area contributed by atoms with E-state index in [2.05, 4.69) is 10.3 Å². The number of nitrogens with zero attached hydrogens (tertiary/aromatic N) is 3. The molecule has 0 unspecified atom stereocenters. The van der Waals surface area contributed by atoms with E-state index in [4.69, 9.17) is 10.00 Å². The summed E-state index contributed by atoms with van der Waals surface area (Å²) < 4.78 is 5.67. The minimum atomic E-state index is -0.117. The Morgan fingerprint density at radius 1 is 1.32 bits per heavy atom. The Morgan fingerprint density at radius 3 is 2.64 bits per heavy atom. The van der Waals surface area contributed by atoms with Gasteiger partial charge in [-0.1, -0.05) is 17.7 Å². The van der Waals surface area contributed by atoms with Gasteiger partial charge < -0.3 is 15.0 Å². The number of ether oxygens (including phenoxy) is 1. The van der Waals surface area contributed by atoms with Crippen LogP contribution in [-0.4, -0.2) is 37.1 Å². The number of nitrogens with one attached hydrogen (secondary N) is 1. The standard InChI is InChI=1S/C19H22N4O2/c1-14-4-7-17(8-5-14)25-13-15(2)22-19(24)12-23(3)18-9-6-16(10-20)11-21-18/h4-9,11,15H,12-13H2,1-3H3,(H,22,24)/t15-/m0/s1. The molecule has 0 saturated carbocycles. The molecule has 25 heavy (non-hydrogen) atoms. The molecule has 6 nitrogen and oxygen atoms in total. The number of benzene rings is 1. The predicted molar refractivity (Wildman–Crippen MR) is 96.5 cm³/mol. The highest BCUT2D eigenvalue weighted by molar-refractivity contribution is 5.81. The van der Waals surface area contributed by atoms with Crippen LogP contribution in [0.3, 0.4) is 0 Å². The Bertz CT molecular complexity index is 736. The van der Waals surface area contributed by atoms with Gasteiger partial charge in [0.15, 0.2) is 0 Å². The van der Waals surface area contributed by atoms with E-state index < -0.39 is 0 Å². The van der Waals surface area contributed by atoms with Crippen molar-refractivity contribution in [2.75, 3.05) is 25.1 Å². The zero-order valence-corrected chi connectivity index (χ0v) is 14.7. The lowest BCUT2D eigenvalue weighted by atomic mass is 10.2. The number of nitriles is 1. The number of aromatic nitrogens is 1. The van der Waals surface area contributed by atoms with Gasteiger partial charge in [-0.2, -0.15) is 5.26 Å². The number of rotatable bonds is 7. The molecule has 130 valence electrons. The van der Waals surface area contributed by atoms with Crippen LogP contribution >= 0.6 is 0 Å². The summed E-state index contributed by atoms with van der Waals surface area (Å²) in [6.07, 6.45) is 1.49. The minimum absolute atomic E-state index is 0.115. The van der Waals surface area contributed by atoms with Gasteiger partial charge in [0.1, 0.15) is 24.2 Å². The Balaban J connectivity index is 1.78. The van der Waals surface area contributed by atoms with Crippen molar-refractivity contribution in [3.8, 4) is 11.8 Å². The van der Waals surface area contributed by atoms with Crippen LogP contribution < -0.4 is 15.0 Å². The van der Waals surface area contributed by atoms with Gasteiger partial charge >= 0.3 is 0 Å². The van der Waals surface area contributed by atoms with E-state index in [9.17, 15) is 4.79 Å². The molecule has 0 spiro atoms. The molecular weight excluding hydrogens is 316 g/mol. The molecule has 0 aliphatic carbocycles. The molecule has 0 radical (unpaired) electrons. The third kappa shape index (κ3) is 5.81. The molecule has 0 fully saturated rings. The topological polar surface area (TPSA) is 78.2 Å². The first-order valence-corrected chi connectivity index (χ1v) is 8.04. The molecule has 1 heterocycles. The lowest BCUT2D eigenvalue weighted by molar-refractivity contribution is -0.120. The number of carbonyl (C=O) groups excluding carboxylic acids is 1. The second kappa shape index (κ2) is 8.69. The first-order chi connectivity index (χ1) is 12.0. The Kier molecular flexibility index (Phi) is 6.35. The third-order valence-corrected chi connectivity index (χ3v) is 3.58. The highest BCUT2D eigenvalue weighted by Gasteiger charge is 2.12. The zero-order valence-electron chi connectivity index (χ0n) is 14.7. The van der Waals surface area contributed by atoms with Gasteiger partial charge in [-0.3, -0.25) is 4.79 Å². The van der Waals surface area contributed by atoms with Crippen molar-refractivity contribution in [1.82, 2.24) is 10.3 Å². The molecule has 1 aromatic carbocycles. The monoisotopic (exact) mass is 338 g/mol. The van der Waals surface area contributed by atoms with E-state index in [0.717, 1.165) is 5.75 Å². The number of aryl methyl sites for hydroxylation is 1. The fourth-order valence-corrected chi connectivity index (χ4v) is 2.19. The van der Waals surface area contributed by atoms with Crippen molar-refractivity contribution in [2.45, 2.75) is 19.9 Å². The molecule has 1 amide bonds. The largest absolute Gasteiger partial charge is 0.491 e. The van der Waals surface area contributed by atoms with Crippen LogP contribution in [0.4, 0.5) is 5.82 Å². The molecule has 0 aliphatic heterocycles.